The van der Waals surface area contributed by atoms with Gasteiger partial charge in [0.15, 0.2) is 0 Å². The van der Waals surface area contributed by atoms with E-state index in [0.717, 1.165) is 16.5 Å². The molecule has 0 spiro atoms. The lowest BCUT2D eigenvalue weighted by atomic mass is 9.88. The van der Waals surface area contributed by atoms with E-state index in [9.17, 15) is 22.4 Å². The molecule has 4 heterocycles. The van der Waals surface area contributed by atoms with Crippen molar-refractivity contribution in [2.75, 3.05) is 5.32 Å². The van der Waals surface area contributed by atoms with Gasteiger partial charge in [-0.15, -0.1) is 0 Å². The quantitative estimate of drug-likeness (QED) is 0.381. The third-order valence-corrected chi connectivity index (χ3v) is 6.36. The number of amides is 1. The Kier molecular flexibility index (Phi) is 4.39. The fourth-order valence-electron chi connectivity index (χ4n) is 4.51. The van der Waals surface area contributed by atoms with Gasteiger partial charge in [0.2, 0.25) is 5.95 Å². The van der Waals surface area contributed by atoms with Gasteiger partial charge < -0.3 is 15.6 Å². The van der Waals surface area contributed by atoms with Crippen molar-refractivity contribution >= 4 is 28.4 Å². The molecule has 6 rings (SSSR count). The van der Waals surface area contributed by atoms with Gasteiger partial charge in [0.1, 0.15) is 5.65 Å². The van der Waals surface area contributed by atoms with E-state index in [-0.39, 0.29) is 43.2 Å². The molecule has 2 fully saturated rings. The van der Waals surface area contributed by atoms with Gasteiger partial charge >= 0.3 is 0 Å². The van der Waals surface area contributed by atoms with Gasteiger partial charge in [0.05, 0.1) is 17.3 Å². The Hall–Kier alpha value is -3.70. The Balaban J connectivity index is 1.25. The number of hydrogen-bond acceptors (Lipinski definition) is 5. The smallest absolute Gasteiger partial charge is 0.255 e. The van der Waals surface area contributed by atoms with E-state index in [4.69, 9.17) is 0 Å². The second-order valence-corrected chi connectivity index (χ2v) is 9.00. The standard InChI is InChI=1S/C22H19F4N7O/c23-21(24)4-12(5-21)30-19(34)16-10-29-33-2-1-11(3-17(16)33)14-8-27-18-15(14)9-28-20(32-18)31-13-6-22(25,26)7-13/h1-3,8-10,12-13H,4-7H2,(H,30,34)(H2,27,28,31,32). The number of alkyl halides is 4. The van der Waals surface area contributed by atoms with Gasteiger partial charge in [0.25, 0.3) is 17.8 Å². The number of carbonyl (C=O) groups excluding carboxylic acids is 1. The van der Waals surface area contributed by atoms with Crippen LogP contribution in [0.3, 0.4) is 0 Å². The van der Waals surface area contributed by atoms with Crippen molar-refractivity contribution in [1.29, 1.82) is 0 Å². The van der Waals surface area contributed by atoms with E-state index in [2.05, 4.69) is 30.7 Å². The first-order valence-corrected chi connectivity index (χ1v) is 10.8. The van der Waals surface area contributed by atoms with Crippen molar-refractivity contribution in [3.63, 3.8) is 0 Å². The molecule has 0 radical (unpaired) electrons. The number of aromatic amines is 1. The molecule has 34 heavy (non-hydrogen) atoms. The highest BCUT2D eigenvalue weighted by molar-refractivity contribution is 6.02. The van der Waals surface area contributed by atoms with Gasteiger partial charge in [-0.2, -0.15) is 10.1 Å². The molecule has 2 saturated carbocycles. The molecule has 0 saturated heterocycles. The zero-order valence-corrected chi connectivity index (χ0v) is 17.7. The molecule has 8 nitrogen and oxygen atoms in total. The Morgan fingerprint density at radius 3 is 2.56 bits per heavy atom. The zero-order valence-electron chi connectivity index (χ0n) is 17.7. The van der Waals surface area contributed by atoms with E-state index in [1.54, 1.807) is 24.7 Å². The minimum absolute atomic E-state index is 0.241. The largest absolute Gasteiger partial charge is 0.351 e. The molecule has 176 valence electrons. The third-order valence-electron chi connectivity index (χ3n) is 6.36. The number of halogens is 4. The van der Waals surface area contributed by atoms with Crippen LogP contribution in [-0.4, -0.2) is 54.4 Å². The maximum absolute atomic E-state index is 13.1. The molecule has 1 amide bonds. The van der Waals surface area contributed by atoms with E-state index in [0.29, 0.717) is 11.2 Å². The molecule has 3 N–H and O–H groups in total. The summed E-state index contributed by atoms with van der Waals surface area (Å²) in [5.74, 6) is -5.53. The third kappa shape index (κ3) is 3.62. The molecule has 4 aromatic rings. The summed E-state index contributed by atoms with van der Waals surface area (Å²) in [6.07, 6.45) is 5.26. The fourth-order valence-corrected chi connectivity index (χ4v) is 4.51. The van der Waals surface area contributed by atoms with Crippen LogP contribution in [-0.2, 0) is 0 Å². The number of anilines is 1. The van der Waals surface area contributed by atoms with Crippen molar-refractivity contribution < 1.29 is 22.4 Å². The van der Waals surface area contributed by atoms with Crippen LogP contribution in [0.5, 0.6) is 0 Å². The number of carbonyl (C=O) groups is 1. The summed E-state index contributed by atoms with van der Waals surface area (Å²) < 4.78 is 53.9. The van der Waals surface area contributed by atoms with Crippen LogP contribution < -0.4 is 10.6 Å². The topological polar surface area (TPSA) is 100 Å². The van der Waals surface area contributed by atoms with E-state index >= 15 is 0 Å². The fraction of sp³-hybridized carbons (Fsp3) is 0.364. The van der Waals surface area contributed by atoms with Crippen molar-refractivity contribution in [2.24, 2.45) is 0 Å². The highest BCUT2D eigenvalue weighted by Gasteiger charge is 2.46. The van der Waals surface area contributed by atoms with Crippen molar-refractivity contribution in [3.8, 4) is 11.1 Å². The molecule has 12 heteroatoms. The van der Waals surface area contributed by atoms with Crippen molar-refractivity contribution in [1.82, 2.24) is 29.9 Å². The molecular formula is C22H19F4N7O. The predicted molar refractivity (Wildman–Crippen MR) is 115 cm³/mol. The summed E-state index contributed by atoms with van der Waals surface area (Å²) in [5.41, 5.74) is 2.91. The molecule has 4 aromatic heterocycles. The van der Waals surface area contributed by atoms with E-state index in [1.807, 2.05) is 6.07 Å². The summed E-state index contributed by atoms with van der Waals surface area (Å²) in [7, 11) is 0. The van der Waals surface area contributed by atoms with Crippen LogP contribution in [0.4, 0.5) is 23.5 Å². The predicted octanol–water partition coefficient (Wildman–Crippen LogP) is 4.01. The number of pyridine rings is 1. The lowest BCUT2D eigenvalue weighted by Gasteiger charge is -2.35. The number of H-pyrrole nitrogens is 1. The van der Waals surface area contributed by atoms with Gasteiger partial charge in [-0.05, 0) is 17.7 Å². The Morgan fingerprint density at radius 1 is 1.09 bits per heavy atom. The number of hydrogen-bond donors (Lipinski definition) is 3. The molecule has 0 unspecified atom stereocenters. The van der Waals surface area contributed by atoms with Gasteiger partial charge in [-0.1, -0.05) is 0 Å². The van der Waals surface area contributed by atoms with Crippen molar-refractivity contribution in [2.45, 2.75) is 49.6 Å². The molecule has 0 atom stereocenters. The number of nitrogens with one attached hydrogen (secondary N) is 3. The zero-order chi connectivity index (χ0) is 23.7. The van der Waals surface area contributed by atoms with Gasteiger partial charge in [-0.3, -0.25) is 4.79 Å². The first-order valence-electron chi connectivity index (χ1n) is 10.8. The monoisotopic (exact) mass is 473 g/mol. The average molecular weight is 473 g/mol. The molecule has 0 aromatic carbocycles. The normalized spacial score (nSPS) is 19.6. The first-order chi connectivity index (χ1) is 16.2. The lowest BCUT2D eigenvalue weighted by molar-refractivity contribution is -0.0902. The number of nitrogens with zero attached hydrogens (tertiary/aromatic N) is 4. The van der Waals surface area contributed by atoms with Crippen LogP contribution in [0.15, 0.2) is 36.9 Å². The minimum atomic E-state index is -2.72. The van der Waals surface area contributed by atoms with Crippen LogP contribution in [0, 0.1) is 0 Å². The molecular weight excluding hydrogens is 454 g/mol. The van der Waals surface area contributed by atoms with Crippen LogP contribution in [0.25, 0.3) is 27.7 Å². The number of rotatable bonds is 5. The summed E-state index contributed by atoms with van der Waals surface area (Å²) in [5, 5.41) is 10.5. The Morgan fingerprint density at radius 2 is 1.82 bits per heavy atom. The number of fused-ring (bicyclic) bond motifs is 2. The van der Waals surface area contributed by atoms with Gasteiger partial charge in [0, 0.05) is 67.3 Å². The van der Waals surface area contributed by atoms with Crippen LogP contribution >= 0.6 is 0 Å². The molecule has 2 aliphatic carbocycles. The molecule has 2 aliphatic rings. The molecule has 0 aliphatic heterocycles. The highest BCUT2D eigenvalue weighted by atomic mass is 19.3. The summed E-state index contributed by atoms with van der Waals surface area (Å²) in [6, 6.07) is 2.68. The van der Waals surface area contributed by atoms with E-state index in [1.165, 1.54) is 10.7 Å². The average Bonchev–Trinajstić information content (AvgIpc) is 3.34. The Bertz CT molecular complexity index is 1410. The first kappa shape index (κ1) is 20.9. The lowest BCUT2D eigenvalue weighted by Crippen LogP contribution is -2.50. The second kappa shape index (κ2) is 7.15. The highest BCUT2D eigenvalue weighted by Crippen LogP contribution is 2.39. The maximum atomic E-state index is 13.1. The van der Waals surface area contributed by atoms with Crippen LogP contribution in [0.2, 0.25) is 0 Å². The summed E-state index contributed by atoms with van der Waals surface area (Å²) in [4.78, 5) is 24.4. The number of aromatic nitrogens is 5. The van der Waals surface area contributed by atoms with Crippen LogP contribution in [0.1, 0.15) is 36.0 Å². The second-order valence-electron chi connectivity index (χ2n) is 9.00. The summed E-state index contributed by atoms with van der Waals surface area (Å²) in [6.45, 7) is 0. The SMILES string of the molecule is O=C(NC1CC(F)(F)C1)c1cnn2ccc(-c3c[nH]c4nc(NC5CC(F)(F)C5)ncc34)cc12. The van der Waals surface area contributed by atoms with Crippen molar-refractivity contribution in [3.05, 3.63) is 42.5 Å². The minimum Gasteiger partial charge on any atom is -0.351 e. The Labute approximate surface area is 189 Å². The maximum Gasteiger partial charge on any atom is 0.255 e. The molecule has 0 bridgehead atoms. The van der Waals surface area contributed by atoms with Gasteiger partial charge in [-0.25, -0.2) is 27.1 Å². The van der Waals surface area contributed by atoms with E-state index < -0.39 is 23.8 Å². The summed E-state index contributed by atoms with van der Waals surface area (Å²) >= 11 is 0.